The number of amides is 1. The van der Waals surface area contributed by atoms with E-state index >= 15 is 0 Å². The van der Waals surface area contributed by atoms with E-state index in [-0.39, 0.29) is 5.75 Å². The summed E-state index contributed by atoms with van der Waals surface area (Å²) >= 11 is 0. The lowest BCUT2D eigenvalue weighted by atomic mass is 10.1. The van der Waals surface area contributed by atoms with E-state index in [2.05, 4.69) is 0 Å². The second-order valence-corrected chi connectivity index (χ2v) is 2.62. The summed E-state index contributed by atoms with van der Waals surface area (Å²) in [6, 6.07) is 6.26. The highest BCUT2D eigenvalue weighted by molar-refractivity contribution is 5.90. The fourth-order valence-electron chi connectivity index (χ4n) is 0.929. The van der Waals surface area contributed by atoms with Crippen molar-refractivity contribution >= 4 is 12.0 Å². The summed E-state index contributed by atoms with van der Waals surface area (Å²) in [6.07, 6.45) is 2.48. The maximum atomic E-state index is 10.4. The number of hydrogen-bond acceptors (Lipinski definition) is 3. The number of nitrogens with zero attached hydrogens (tertiary/aromatic N) is 1. The zero-order valence-electron chi connectivity index (χ0n) is 7.27. The van der Waals surface area contributed by atoms with Gasteiger partial charge in [-0.1, -0.05) is 0 Å². The number of hydrogen-bond donors (Lipinski definition) is 2. The molecular weight excluding hydrogens is 180 g/mol. The molecule has 0 aromatic heterocycles. The monoisotopic (exact) mass is 188 g/mol. The van der Waals surface area contributed by atoms with Crippen molar-refractivity contribution in [3.8, 4) is 11.8 Å². The van der Waals surface area contributed by atoms with Crippen LogP contribution >= 0.6 is 0 Å². The van der Waals surface area contributed by atoms with Gasteiger partial charge in [0.25, 0.3) is 0 Å². The van der Waals surface area contributed by atoms with Crippen molar-refractivity contribution in [2.45, 2.75) is 0 Å². The molecule has 1 amide bonds. The molecule has 0 unspecified atom stereocenters. The van der Waals surface area contributed by atoms with Gasteiger partial charge < -0.3 is 10.8 Å². The molecule has 1 aromatic carbocycles. The van der Waals surface area contributed by atoms with Gasteiger partial charge in [0.05, 0.1) is 11.6 Å². The van der Waals surface area contributed by atoms with E-state index in [0.29, 0.717) is 11.1 Å². The van der Waals surface area contributed by atoms with E-state index < -0.39 is 5.91 Å². The molecule has 0 aliphatic heterocycles. The minimum atomic E-state index is -0.605. The molecular formula is C10H8N2O2. The summed E-state index contributed by atoms with van der Waals surface area (Å²) in [5.41, 5.74) is 5.69. The van der Waals surface area contributed by atoms with Crippen LogP contribution < -0.4 is 5.73 Å². The lowest BCUT2D eigenvalue weighted by Gasteiger charge is -1.98. The van der Waals surface area contributed by atoms with Crippen molar-refractivity contribution in [2.24, 2.45) is 5.73 Å². The number of aromatic hydroxyl groups is 1. The predicted octanol–water partition coefficient (Wildman–Crippen LogP) is 0.762. The molecule has 0 atom stereocenters. The Morgan fingerprint density at radius 1 is 1.57 bits per heavy atom. The lowest BCUT2D eigenvalue weighted by molar-refractivity contribution is -0.113. The van der Waals surface area contributed by atoms with Crippen molar-refractivity contribution in [3.63, 3.8) is 0 Å². The summed E-state index contributed by atoms with van der Waals surface area (Å²) in [7, 11) is 0. The molecule has 0 saturated carbocycles. The minimum Gasteiger partial charge on any atom is -0.507 e. The average molecular weight is 188 g/mol. The van der Waals surface area contributed by atoms with Crippen LogP contribution in [0, 0.1) is 11.3 Å². The Morgan fingerprint density at radius 2 is 2.29 bits per heavy atom. The Balaban J connectivity index is 3.08. The summed E-state index contributed by atoms with van der Waals surface area (Å²) < 4.78 is 0. The number of carbonyl (C=O) groups excluding carboxylic acids is 1. The van der Waals surface area contributed by atoms with Crippen molar-refractivity contribution in [2.75, 3.05) is 0 Å². The van der Waals surface area contributed by atoms with E-state index in [9.17, 15) is 9.90 Å². The van der Waals surface area contributed by atoms with Gasteiger partial charge in [0.1, 0.15) is 5.75 Å². The van der Waals surface area contributed by atoms with E-state index in [1.165, 1.54) is 24.3 Å². The van der Waals surface area contributed by atoms with Crippen LogP contribution in [0.2, 0.25) is 0 Å². The standard InChI is InChI=1S/C10H8N2O2/c11-6-7-1-3-9(13)8(5-7)2-4-10(12)14/h1-5,13H,(H2,12,14). The molecule has 1 aromatic rings. The van der Waals surface area contributed by atoms with Gasteiger partial charge >= 0.3 is 0 Å². The highest BCUT2D eigenvalue weighted by atomic mass is 16.3. The molecule has 1 rings (SSSR count). The van der Waals surface area contributed by atoms with Crippen LogP contribution in [0.1, 0.15) is 11.1 Å². The van der Waals surface area contributed by atoms with Crippen LogP contribution in [0.25, 0.3) is 6.08 Å². The Labute approximate surface area is 80.9 Å². The lowest BCUT2D eigenvalue weighted by Crippen LogP contribution is -2.05. The third-order valence-corrected chi connectivity index (χ3v) is 1.58. The first-order valence-corrected chi connectivity index (χ1v) is 3.84. The first-order chi connectivity index (χ1) is 6.63. The highest BCUT2D eigenvalue weighted by Gasteiger charge is 1.99. The number of phenols is 1. The number of nitrogens with two attached hydrogens (primary N) is 1. The van der Waals surface area contributed by atoms with Crippen LogP contribution in [0.15, 0.2) is 24.3 Å². The second kappa shape index (κ2) is 4.10. The highest BCUT2D eigenvalue weighted by Crippen LogP contribution is 2.19. The third kappa shape index (κ3) is 2.35. The predicted molar refractivity (Wildman–Crippen MR) is 51.1 cm³/mol. The van der Waals surface area contributed by atoms with Crippen LogP contribution in [0.5, 0.6) is 5.75 Å². The van der Waals surface area contributed by atoms with Gasteiger partial charge in [0.15, 0.2) is 0 Å². The molecule has 4 nitrogen and oxygen atoms in total. The third-order valence-electron chi connectivity index (χ3n) is 1.58. The quantitative estimate of drug-likeness (QED) is 0.671. The van der Waals surface area contributed by atoms with Gasteiger partial charge in [-0.3, -0.25) is 4.79 Å². The fraction of sp³-hybridized carbons (Fsp3) is 0. The molecule has 0 heterocycles. The number of phenolic OH excluding ortho intramolecular Hbond substituents is 1. The molecule has 0 fully saturated rings. The molecule has 0 spiro atoms. The Kier molecular flexibility index (Phi) is 2.87. The molecule has 0 radical (unpaired) electrons. The number of carbonyl (C=O) groups is 1. The first-order valence-electron chi connectivity index (χ1n) is 3.84. The summed E-state index contributed by atoms with van der Waals surface area (Å²) in [4.78, 5) is 10.4. The average Bonchev–Trinajstić information content (AvgIpc) is 2.16. The molecule has 0 aliphatic carbocycles. The molecule has 70 valence electrons. The summed E-state index contributed by atoms with van der Waals surface area (Å²) in [5, 5.41) is 17.9. The van der Waals surface area contributed by atoms with Crippen molar-refractivity contribution in [1.82, 2.24) is 0 Å². The van der Waals surface area contributed by atoms with E-state index in [1.54, 1.807) is 0 Å². The van der Waals surface area contributed by atoms with E-state index in [0.717, 1.165) is 6.08 Å². The number of benzene rings is 1. The van der Waals surface area contributed by atoms with Crippen molar-refractivity contribution < 1.29 is 9.90 Å². The number of rotatable bonds is 2. The second-order valence-electron chi connectivity index (χ2n) is 2.62. The van der Waals surface area contributed by atoms with Gasteiger partial charge in [0, 0.05) is 11.6 Å². The van der Waals surface area contributed by atoms with Gasteiger partial charge in [-0.05, 0) is 24.3 Å². The van der Waals surface area contributed by atoms with Gasteiger partial charge in [-0.25, -0.2) is 0 Å². The normalized spacial score (nSPS) is 9.93. The number of nitriles is 1. The Bertz CT molecular complexity index is 430. The molecule has 0 bridgehead atoms. The first kappa shape index (κ1) is 9.81. The Hall–Kier alpha value is -2.28. The Morgan fingerprint density at radius 3 is 2.86 bits per heavy atom. The maximum Gasteiger partial charge on any atom is 0.241 e. The van der Waals surface area contributed by atoms with Crippen LogP contribution in [0.3, 0.4) is 0 Å². The van der Waals surface area contributed by atoms with Gasteiger partial charge in [0.2, 0.25) is 5.91 Å². The molecule has 4 heteroatoms. The molecule has 14 heavy (non-hydrogen) atoms. The molecule has 3 N–H and O–H groups in total. The van der Waals surface area contributed by atoms with Crippen LogP contribution in [-0.4, -0.2) is 11.0 Å². The number of primary amides is 1. The summed E-state index contributed by atoms with van der Waals surface area (Å²) in [6.45, 7) is 0. The van der Waals surface area contributed by atoms with Crippen molar-refractivity contribution in [3.05, 3.63) is 35.4 Å². The fourth-order valence-corrected chi connectivity index (χ4v) is 0.929. The van der Waals surface area contributed by atoms with Gasteiger partial charge in [-0.2, -0.15) is 5.26 Å². The SMILES string of the molecule is N#Cc1ccc(O)c(C=CC(N)=O)c1. The van der Waals surface area contributed by atoms with E-state index in [1.807, 2.05) is 6.07 Å². The smallest absolute Gasteiger partial charge is 0.241 e. The van der Waals surface area contributed by atoms with Crippen LogP contribution in [0.4, 0.5) is 0 Å². The summed E-state index contributed by atoms with van der Waals surface area (Å²) in [5.74, 6) is -0.603. The topological polar surface area (TPSA) is 87.1 Å². The maximum absolute atomic E-state index is 10.4. The van der Waals surface area contributed by atoms with Gasteiger partial charge in [-0.15, -0.1) is 0 Å². The van der Waals surface area contributed by atoms with Crippen LogP contribution in [-0.2, 0) is 4.79 Å². The zero-order valence-corrected chi connectivity index (χ0v) is 7.27. The minimum absolute atomic E-state index is 0.00139. The zero-order chi connectivity index (χ0) is 10.6. The van der Waals surface area contributed by atoms with Crippen molar-refractivity contribution in [1.29, 1.82) is 5.26 Å². The molecule has 0 saturated heterocycles. The largest absolute Gasteiger partial charge is 0.507 e. The molecule has 0 aliphatic rings. The van der Waals surface area contributed by atoms with E-state index in [4.69, 9.17) is 11.0 Å².